The van der Waals surface area contributed by atoms with Crippen LogP contribution < -0.4 is 0 Å². The van der Waals surface area contributed by atoms with Crippen molar-refractivity contribution < 1.29 is 8.83 Å². The molecule has 0 saturated heterocycles. The third kappa shape index (κ3) is 0.798. The van der Waals surface area contributed by atoms with Crippen LogP contribution in [-0.2, 0) is 0 Å². The molecule has 0 saturated carbocycles. The van der Waals surface area contributed by atoms with Crippen LogP contribution in [0.15, 0.2) is 57.8 Å². The molecule has 0 unspecified atom stereocenters. The predicted molar refractivity (Wildman–Crippen MR) is 72.2 cm³/mol. The second-order valence-corrected chi connectivity index (χ2v) is 4.66. The maximum absolute atomic E-state index is 5.66. The summed E-state index contributed by atoms with van der Waals surface area (Å²) in [6.07, 6.45) is 3.69. The summed E-state index contributed by atoms with van der Waals surface area (Å²) in [7, 11) is 0. The summed E-state index contributed by atoms with van der Waals surface area (Å²) in [5.74, 6) is 0. The standard InChI is InChI=1S/C16H8O2/c1-3-9-11-7-18-14-6-2-4-10(16(11)14)12-8-17-13(5-1)15(9)12/h1-8H. The third-order valence-electron chi connectivity index (χ3n) is 3.78. The van der Waals surface area contributed by atoms with Gasteiger partial charge < -0.3 is 8.83 Å². The van der Waals surface area contributed by atoms with Gasteiger partial charge in [-0.1, -0.05) is 24.3 Å². The van der Waals surface area contributed by atoms with Crippen LogP contribution in [0.25, 0.3) is 43.5 Å². The Bertz CT molecular complexity index is 932. The molecule has 0 fully saturated rings. The quantitative estimate of drug-likeness (QED) is 0.354. The lowest BCUT2D eigenvalue weighted by Crippen LogP contribution is -1.77. The van der Waals surface area contributed by atoms with Crippen LogP contribution in [0, 0.1) is 0 Å². The SMILES string of the molecule is c1cc2occ3c4cccc5occ(c(c1)c23)c54. The summed E-state index contributed by atoms with van der Waals surface area (Å²) in [6, 6.07) is 12.3. The molecular weight excluding hydrogens is 224 g/mol. The van der Waals surface area contributed by atoms with Gasteiger partial charge >= 0.3 is 0 Å². The number of hydrogen-bond donors (Lipinski definition) is 0. The van der Waals surface area contributed by atoms with E-state index >= 15 is 0 Å². The molecule has 0 spiro atoms. The molecule has 2 heterocycles. The fourth-order valence-corrected chi connectivity index (χ4v) is 3.02. The van der Waals surface area contributed by atoms with Crippen molar-refractivity contribution >= 4 is 43.5 Å². The minimum atomic E-state index is 0.936. The van der Waals surface area contributed by atoms with E-state index in [1.165, 1.54) is 32.3 Å². The van der Waals surface area contributed by atoms with Crippen molar-refractivity contribution in [2.45, 2.75) is 0 Å². The van der Waals surface area contributed by atoms with Gasteiger partial charge in [0.1, 0.15) is 11.2 Å². The van der Waals surface area contributed by atoms with Gasteiger partial charge in [-0.25, -0.2) is 0 Å². The maximum Gasteiger partial charge on any atom is 0.135 e. The monoisotopic (exact) mass is 232 g/mol. The molecule has 2 nitrogen and oxygen atoms in total. The molecular formula is C16H8O2. The molecule has 18 heavy (non-hydrogen) atoms. The predicted octanol–water partition coefficient (Wildman–Crippen LogP) is 4.92. The van der Waals surface area contributed by atoms with Gasteiger partial charge in [-0.2, -0.15) is 0 Å². The maximum atomic E-state index is 5.66. The zero-order chi connectivity index (χ0) is 11.7. The molecule has 0 bridgehead atoms. The van der Waals surface area contributed by atoms with Gasteiger partial charge in [0, 0.05) is 21.5 Å². The smallest absolute Gasteiger partial charge is 0.135 e. The van der Waals surface area contributed by atoms with Gasteiger partial charge in [0.2, 0.25) is 0 Å². The number of rotatable bonds is 0. The van der Waals surface area contributed by atoms with Gasteiger partial charge in [0.15, 0.2) is 0 Å². The highest BCUT2D eigenvalue weighted by Crippen LogP contribution is 2.41. The summed E-state index contributed by atoms with van der Waals surface area (Å²) < 4.78 is 11.3. The van der Waals surface area contributed by atoms with Crippen LogP contribution in [0.2, 0.25) is 0 Å². The highest BCUT2D eigenvalue weighted by Gasteiger charge is 2.16. The fraction of sp³-hybridized carbons (Fsp3) is 0. The van der Waals surface area contributed by atoms with Gasteiger partial charge in [0.05, 0.1) is 12.5 Å². The highest BCUT2D eigenvalue weighted by atomic mass is 16.3. The second-order valence-electron chi connectivity index (χ2n) is 4.66. The summed E-state index contributed by atoms with van der Waals surface area (Å²) in [5, 5.41) is 7.13. The van der Waals surface area contributed by atoms with Gasteiger partial charge in [-0.15, -0.1) is 0 Å². The third-order valence-corrected chi connectivity index (χ3v) is 3.78. The van der Waals surface area contributed by atoms with Crippen molar-refractivity contribution in [1.29, 1.82) is 0 Å². The van der Waals surface area contributed by atoms with Crippen molar-refractivity contribution in [3.63, 3.8) is 0 Å². The Hall–Kier alpha value is -2.48. The average molecular weight is 232 g/mol. The first kappa shape index (κ1) is 8.59. The molecule has 0 aliphatic carbocycles. The number of hydrogen-bond acceptors (Lipinski definition) is 2. The van der Waals surface area contributed by atoms with Crippen LogP contribution in [-0.4, -0.2) is 0 Å². The molecule has 0 aliphatic rings. The Morgan fingerprint density at radius 1 is 0.556 bits per heavy atom. The van der Waals surface area contributed by atoms with E-state index < -0.39 is 0 Å². The van der Waals surface area contributed by atoms with E-state index in [1.54, 1.807) is 0 Å². The summed E-state index contributed by atoms with van der Waals surface area (Å²) in [6.45, 7) is 0. The molecule has 2 aromatic heterocycles. The van der Waals surface area contributed by atoms with Crippen LogP contribution >= 0.6 is 0 Å². The fourth-order valence-electron chi connectivity index (χ4n) is 3.02. The molecule has 0 atom stereocenters. The molecule has 2 heteroatoms. The minimum Gasteiger partial charge on any atom is -0.464 e. The molecule has 0 aliphatic heterocycles. The van der Waals surface area contributed by atoms with E-state index in [2.05, 4.69) is 12.1 Å². The lowest BCUT2D eigenvalue weighted by Gasteiger charge is -2.02. The normalized spacial score (nSPS) is 12.4. The van der Waals surface area contributed by atoms with Gasteiger partial charge in [-0.3, -0.25) is 0 Å². The Morgan fingerprint density at radius 2 is 1.06 bits per heavy atom. The topological polar surface area (TPSA) is 26.3 Å². The molecule has 0 N–H and O–H groups in total. The van der Waals surface area contributed by atoms with Crippen LogP contribution in [0.1, 0.15) is 0 Å². The first-order valence-corrected chi connectivity index (χ1v) is 5.95. The first-order chi connectivity index (χ1) is 8.93. The Labute approximate surface area is 102 Å². The van der Waals surface area contributed by atoms with E-state index in [0.717, 1.165) is 11.2 Å². The van der Waals surface area contributed by atoms with E-state index in [0.29, 0.717) is 0 Å². The molecule has 84 valence electrons. The highest BCUT2D eigenvalue weighted by molar-refractivity contribution is 6.31. The van der Waals surface area contributed by atoms with Crippen molar-refractivity contribution in [3.05, 3.63) is 48.9 Å². The molecule has 0 amide bonds. The average Bonchev–Trinajstić information content (AvgIpc) is 3.01. The van der Waals surface area contributed by atoms with Crippen LogP contribution in [0.3, 0.4) is 0 Å². The number of fused-ring (bicyclic) bond motifs is 2. The Kier molecular flexibility index (Phi) is 1.27. The van der Waals surface area contributed by atoms with Crippen LogP contribution in [0.4, 0.5) is 0 Å². The van der Waals surface area contributed by atoms with E-state index in [4.69, 9.17) is 8.83 Å². The van der Waals surface area contributed by atoms with E-state index in [-0.39, 0.29) is 0 Å². The molecule has 5 aromatic rings. The number of benzene rings is 3. The zero-order valence-electron chi connectivity index (χ0n) is 9.44. The van der Waals surface area contributed by atoms with Gasteiger partial charge in [0.25, 0.3) is 0 Å². The summed E-state index contributed by atoms with van der Waals surface area (Å²) >= 11 is 0. The second kappa shape index (κ2) is 2.67. The van der Waals surface area contributed by atoms with Crippen molar-refractivity contribution in [1.82, 2.24) is 0 Å². The van der Waals surface area contributed by atoms with Crippen molar-refractivity contribution in [2.24, 2.45) is 0 Å². The number of furan rings is 2. The lowest BCUT2D eigenvalue weighted by molar-refractivity contribution is 0.619. The molecule has 3 aromatic carbocycles. The summed E-state index contributed by atoms with van der Waals surface area (Å²) in [4.78, 5) is 0. The minimum absolute atomic E-state index is 0.936. The summed E-state index contributed by atoms with van der Waals surface area (Å²) in [5.41, 5.74) is 1.87. The Balaban J connectivity index is 2.35. The lowest BCUT2D eigenvalue weighted by atomic mass is 9.97. The molecule has 5 rings (SSSR count). The van der Waals surface area contributed by atoms with Crippen molar-refractivity contribution in [3.8, 4) is 0 Å². The van der Waals surface area contributed by atoms with E-state index in [1.807, 2.05) is 36.8 Å². The largest absolute Gasteiger partial charge is 0.464 e. The first-order valence-electron chi connectivity index (χ1n) is 5.95. The molecule has 0 radical (unpaired) electrons. The van der Waals surface area contributed by atoms with Gasteiger partial charge in [-0.05, 0) is 22.9 Å². The van der Waals surface area contributed by atoms with Crippen LogP contribution in [0.5, 0.6) is 0 Å². The Morgan fingerprint density at radius 3 is 1.56 bits per heavy atom. The van der Waals surface area contributed by atoms with E-state index in [9.17, 15) is 0 Å². The van der Waals surface area contributed by atoms with Crippen molar-refractivity contribution in [2.75, 3.05) is 0 Å². The zero-order valence-corrected chi connectivity index (χ0v) is 9.44.